The second kappa shape index (κ2) is 9.45. The zero-order valence-corrected chi connectivity index (χ0v) is 18.4. The molecule has 0 aromatic carbocycles. The smallest absolute Gasteiger partial charge is 0.325 e. The van der Waals surface area contributed by atoms with Gasteiger partial charge in [-0.25, -0.2) is 4.79 Å². The zero-order valence-electron chi connectivity index (χ0n) is 18.4. The fraction of sp³-hybridized carbons (Fsp3) is 0.818. The average molecular weight is 422 g/mol. The van der Waals surface area contributed by atoms with E-state index in [-0.39, 0.29) is 42.1 Å². The Hall–Kier alpha value is -1.96. The van der Waals surface area contributed by atoms with Crippen LogP contribution in [0.4, 0.5) is 4.79 Å². The van der Waals surface area contributed by atoms with Crippen molar-refractivity contribution >= 4 is 23.6 Å². The van der Waals surface area contributed by atoms with Crippen LogP contribution in [0.2, 0.25) is 0 Å². The quantitative estimate of drug-likeness (QED) is 0.478. The van der Waals surface area contributed by atoms with E-state index in [1.54, 1.807) is 4.90 Å². The summed E-state index contributed by atoms with van der Waals surface area (Å²) in [4.78, 5) is 53.6. The van der Waals surface area contributed by atoms with Crippen LogP contribution >= 0.6 is 0 Å². The first-order chi connectivity index (χ1) is 14.3. The number of carbonyl (C=O) groups is 4. The van der Waals surface area contributed by atoms with E-state index in [0.717, 1.165) is 19.3 Å². The van der Waals surface area contributed by atoms with Gasteiger partial charge >= 0.3 is 6.03 Å². The minimum Gasteiger partial charge on any atom is -0.376 e. The minimum absolute atomic E-state index is 0.0485. The lowest BCUT2D eigenvalue weighted by Gasteiger charge is -2.40. The Morgan fingerprint density at radius 3 is 2.47 bits per heavy atom. The summed E-state index contributed by atoms with van der Waals surface area (Å²) in [6, 6.07) is -0.338. The summed E-state index contributed by atoms with van der Waals surface area (Å²) in [5.41, 5.74) is -0.915. The number of nitrogens with one attached hydrogen (secondary N) is 1. The molecule has 0 spiro atoms. The van der Waals surface area contributed by atoms with Gasteiger partial charge in [0.1, 0.15) is 5.54 Å². The normalized spacial score (nSPS) is 27.8. The SMILES string of the molecule is CCC[C@]1(C2CCN(C(=O)C(=O)CC(C)C)CC2)NC(=O)N(C[C@@H]2CCCO2)C1=O. The molecule has 0 aliphatic carbocycles. The van der Waals surface area contributed by atoms with Gasteiger partial charge in [-0.2, -0.15) is 0 Å². The van der Waals surface area contributed by atoms with Crippen molar-refractivity contribution in [3.05, 3.63) is 0 Å². The molecule has 30 heavy (non-hydrogen) atoms. The first-order valence-electron chi connectivity index (χ1n) is 11.4. The van der Waals surface area contributed by atoms with Crippen molar-refractivity contribution in [3.63, 3.8) is 0 Å². The molecule has 0 saturated carbocycles. The van der Waals surface area contributed by atoms with Crippen LogP contribution in [0.5, 0.6) is 0 Å². The molecular weight excluding hydrogens is 386 g/mol. The highest BCUT2D eigenvalue weighted by Crippen LogP contribution is 2.37. The molecule has 3 fully saturated rings. The number of carbonyl (C=O) groups excluding carboxylic acids is 4. The van der Waals surface area contributed by atoms with E-state index in [9.17, 15) is 19.2 Å². The van der Waals surface area contributed by atoms with Crippen LogP contribution in [0, 0.1) is 11.8 Å². The third kappa shape index (κ3) is 4.53. The lowest BCUT2D eigenvalue weighted by Crippen LogP contribution is -2.57. The van der Waals surface area contributed by atoms with E-state index >= 15 is 0 Å². The molecule has 8 nitrogen and oxygen atoms in total. The average Bonchev–Trinajstić information content (AvgIpc) is 3.30. The Labute approximate surface area is 178 Å². The second-order valence-electron chi connectivity index (χ2n) is 9.29. The molecule has 3 saturated heterocycles. The fourth-order valence-corrected chi connectivity index (χ4v) is 5.06. The molecule has 0 unspecified atom stereocenters. The number of hydrogen-bond donors (Lipinski definition) is 1. The summed E-state index contributed by atoms with van der Waals surface area (Å²) in [6.45, 7) is 7.70. The molecule has 3 aliphatic rings. The third-order valence-corrected chi connectivity index (χ3v) is 6.57. The van der Waals surface area contributed by atoms with Crippen LogP contribution in [-0.2, 0) is 19.1 Å². The predicted octanol–water partition coefficient (Wildman–Crippen LogP) is 2.11. The van der Waals surface area contributed by atoms with E-state index in [1.165, 1.54) is 4.90 Å². The molecule has 1 N–H and O–H groups in total. The highest BCUT2D eigenvalue weighted by Gasteiger charge is 2.55. The number of hydrogen-bond acceptors (Lipinski definition) is 5. The van der Waals surface area contributed by atoms with E-state index in [0.29, 0.717) is 45.5 Å². The highest BCUT2D eigenvalue weighted by molar-refractivity contribution is 6.36. The van der Waals surface area contributed by atoms with Crippen LogP contribution in [0.3, 0.4) is 0 Å². The van der Waals surface area contributed by atoms with E-state index < -0.39 is 11.4 Å². The molecule has 8 heteroatoms. The van der Waals surface area contributed by atoms with Crippen molar-refractivity contribution in [3.8, 4) is 0 Å². The van der Waals surface area contributed by atoms with Crippen LogP contribution < -0.4 is 5.32 Å². The summed E-state index contributed by atoms with van der Waals surface area (Å²) in [7, 11) is 0. The second-order valence-corrected chi connectivity index (χ2v) is 9.29. The maximum atomic E-state index is 13.4. The molecule has 0 bridgehead atoms. The van der Waals surface area contributed by atoms with Gasteiger partial charge in [0, 0.05) is 26.1 Å². The molecular formula is C22H35N3O5. The highest BCUT2D eigenvalue weighted by atomic mass is 16.5. The molecule has 4 amide bonds. The van der Waals surface area contributed by atoms with Gasteiger partial charge in [0.15, 0.2) is 0 Å². The minimum atomic E-state index is -0.915. The van der Waals surface area contributed by atoms with E-state index in [2.05, 4.69) is 5.32 Å². The van der Waals surface area contributed by atoms with Crippen molar-refractivity contribution in [2.24, 2.45) is 11.8 Å². The fourth-order valence-electron chi connectivity index (χ4n) is 5.06. The van der Waals surface area contributed by atoms with Crippen molar-refractivity contribution < 1.29 is 23.9 Å². The summed E-state index contributed by atoms with van der Waals surface area (Å²) >= 11 is 0. The van der Waals surface area contributed by atoms with E-state index in [4.69, 9.17) is 4.74 Å². The first-order valence-corrected chi connectivity index (χ1v) is 11.4. The lowest BCUT2D eigenvalue weighted by molar-refractivity contribution is -0.146. The number of imide groups is 1. The summed E-state index contributed by atoms with van der Waals surface area (Å²) in [5.74, 6) is -0.834. The van der Waals surface area contributed by atoms with Crippen LogP contribution in [0.15, 0.2) is 0 Å². The van der Waals surface area contributed by atoms with Crippen LogP contribution in [-0.4, -0.2) is 71.3 Å². The third-order valence-electron chi connectivity index (χ3n) is 6.57. The van der Waals surface area contributed by atoms with Gasteiger partial charge < -0.3 is 15.0 Å². The van der Waals surface area contributed by atoms with Crippen LogP contribution in [0.25, 0.3) is 0 Å². The van der Waals surface area contributed by atoms with Gasteiger partial charge in [-0.1, -0.05) is 27.2 Å². The molecule has 2 atom stereocenters. The van der Waals surface area contributed by atoms with E-state index in [1.807, 2.05) is 20.8 Å². The van der Waals surface area contributed by atoms with Gasteiger partial charge in [0.25, 0.3) is 11.8 Å². The maximum Gasteiger partial charge on any atom is 0.325 e. The van der Waals surface area contributed by atoms with Crippen molar-refractivity contribution in [2.45, 2.75) is 77.4 Å². The van der Waals surface area contributed by atoms with Gasteiger partial charge in [-0.15, -0.1) is 0 Å². The van der Waals surface area contributed by atoms with Crippen molar-refractivity contribution in [1.82, 2.24) is 15.1 Å². The molecule has 0 aromatic rings. The lowest BCUT2D eigenvalue weighted by atomic mass is 9.74. The van der Waals surface area contributed by atoms with Gasteiger partial charge in [-0.05, 0) is 43.9 Å². The van der Waals surface area contributed by atoms with Gasteiger partial charge in [-0.3, -0.25) is 19.3 Å². The standard InChI is InChI=1S/C22H35N3O5/c1-4-9-22(20(28)25(21(29)23-22)14-17-6-5-12-30-17)16-7-10-24(11-8-16)19(27)18(26)13-15(2)3/h15-17H,4-14H2,1-3H3,(H,23,29)/t17-,22+/m0/s1. The Morgan fingerprint density at radius 1 is 1.20 bits per heavy atom. The Morgan fingerprint density at radius 2 is 1.90 bits per heavy atom. The molecule has 3 heterocycles. The van der Waals surface area contributed by atoms with Gasteiger partial charge in [0.05, 0.1) is 12.6 Å². The number of ether oxygens (including phenoxy) is 1. The molecule has 0 radical (unpaired) electrons. The number of urea groups is 1. The number of Topliss-reactive ketones (excluding diaryl/α,β-unsaturated/α-hetero) is 1. The van der Waals surface area contributed by atoms with Crippen molar-refractivity contribution in [1.29, 1.82) is 0 Å². The molecule has 168 valence electrons. The zero-order chi connectivity index (χ0) is 21.9. The van der Waals surface area contributed by atoms with Crippen molar-refractivity contribution in [2.75, 3.05) is 26.2 Å². The number of rotatable bonds is 8. The Balaban J connectivity index is 1.66. The number of piperidine rings is 1. The molecule has 3 rings (SSSR count). The summed E-state index contributed by atoms with van der Waals surface area (Å²) in [5, 5.41) is 3.02. The first kappa shape index (κ1) is 22.7. The Kier molecular flexibility index (Phi) is 7.16. The molecule has 0 aromatic heterocycles. The predicted molar refractivity (Wildman–Crippen MR) is 111 cm³/mol. The Bertz CT molecular complexity index is 680. The van der Waals surface area contributed by atoms with Crippen LogP contribution in [0.1, 0.15) is 65.7 Å². The monoisotopic (exact) mass is 421 g/mol. The number of nitrogens with zero attached hydrogens (tertiary/aromatic N) is 2. The number of likely N-dealkylation sites (tertiary alicyclic amines) is 1. The maximum absolute atomic E-state index is 13.4. The largest absolute Gasteiger partial charge is 0.376 e. The van der Waals surface area contributed by atoms with Gasteiger partial charge in [0.2, 0.25) is 5.78 Å². The summed E-state index contributed by atoms with van der Waals surface area (Å²) < 4.78 is 5.63. The number of ketones is 1. The number of amides is 4. The summed E-state index contributed by atoms with van der Waals surface area (Å²) in [6.07, 6.45) is 4.53. The topological polar surface area (TPSA) is 96.0 Å². The molecule has 3 aliphatic heterocycles.